The molecule has 0 saturated carbocycles. The molecule has 5 nitrogen and oxygen atoms in total. The lowest BCUT2D eigenvalue weighted by Gasteiger charge is -2.23. The molecule has 0 radical (unpaired) electrons. The number of carbonyl (C=O) groups is 1. The number of benzene rings is 2. The maximum Gasteiger partial charge on any atom is 0.317 e. The van der Waals surface area contributed by atoms with E-state index in [1.54, 1.807) is 19.1 Å². The van der Waals surface area contributed by atoms with Gasteiger partial charge in [0.1, 0.15) is 5.75 Å². The molecule has 1 atom stereocenters. The van der Waals surface area contributed by atoms with Gasteiger partial charge in [-0.15, -0.1) is 0 Å². The van der Waals surface area contributed by atoms with Crippen LogP contribution in [-0.2, 0) is 6.54 Å². The molecule has 0 aliphatic rings. The van der Waals surface area contributed by atoms with Crippen LogP contribution in [0.5, 0.6) is 5.75 Å². The first-order valence-electron chi connectivity index (χ1n) is 8.74. The summed E-state index contributed by atoms with van der Waals surface area (Å²) < 4.78 is 5.42. The highest BCUT2D eigenvalue weighted by molar-refractivity contribution is 5.74. The normalized spacial score (nSPS) is 11.6. The number of aryl methyl sites for hydroxylation is 1. The molecule has 0 aliphatic carbocycles. The minimum absolute atomic E-state index is 0.113. The van der Waals surface area contributed by atoms with Crippen molar-refractivity contribution in [3.8, 4) is 5.75 Å². The molecule has 0 bridgehead atoms. The molecule has 2 rings (SSSR count). The standard InChI is InChI=1S/C21H29N3O2/c1-15-7-12-20(26-6)19(13-15)16(2)22-21(25)24(5)14-17-8-10-18(11-9-17)23(3)4/h7-13,16H,14H2,1-6H3,(H,22,25). The Kier molecular flexibility index (Phi) is 6.50. The van der Waals surface area contributed by atoms with Crippen LogP contribution in [0, 0.1) is 6.92 Å². The monoisotopic (exact) mass is 355 g/mol. The molecule has 0 aliphatic heterocycles. The topological polar surface area (TPSA) is 44.8 Å². The Morgan fingerprint density at radius 1 is 1.12 bits per heavy atom. The first-order valence-corrected chi connectivity index (χ1v) is 8.74. The third-order valence-electron chi connectivity index (χ3n) is 4.41. The summed E-state index contributed by atoms with van der Waals surface area (Å²) in [6.45, 7) is 4.55. The van der Waals surface area contributed by atoms with Crippen LogP contribution in [0.15, 0.2) is 42.5 Å². The minimum atomic E-state index is -0.143. The van der Waals surface area contributed by atoms with Gasteiger partial charge in [0.15, 0.2) is 0 Å². The summed E-state index contributed by atoms with van der Waals surface area (Å²) >= 11 is 0. The van der Waals surface area contributed by atoms with Gasteiger partial charge in [-0.25, -0.2) is 4.79 Å². The van der Waals surface area contributed by atoms with Crippen molar-refractivity contribution in [3.63, 3.8) is 0 Å². The van der Waals surface area contributed by atoms with Crippen molar-refractivity contribution in [1.82, 2.24) is 10.2 Å². The molecule has 140 valence electrons. The average molecular weight is 355 g/mol. The van der Waals surface area contributed by atoms with Crippen LogP contribution in [-0.4, -0.2) is 39.2 Å². The number of carbonyl (C=O) groups excluding carboxylic acids is 1. The van der Waals surface area contributed by atoms with Gasteiger partial charge in [0.2, 0.25) is 0 Å². The zero-order valence-electron chi connectivity index (χ0n) is 16.5. The number of ether oxygens (including phenoxy) is 1. The molecular weight excluding hydrogens is 326 g/mol. The lowest BCUT2D eigenvalue weighted by atomic mass is 10.0. The Morgan fingerprint density at radius 3 is 2.35 bits per heavy atom. The van der Waals surface area contributed by atoms with Crippen molar-refractivity contribution in [2.24, 2.45) is 0 Å². The lowest BCUT2D eigenvalue weighted by Crippen LogP contribution is -2.38. The van der Waals surface area contributed by atoms with Crippen molar-refractivity contribution in [2.75, 3.05) is 33.2 Å². The second-order valence-electron chi connectivity index (χ2n) is 6.83. The fourth-order valence-corrected chi connectivity index (χ4v) is 2.81. The van der Waals surface area contributed by atoms with E-state index in [1.165, 1.54) is 0 Å². The molecule has 2 aromatic rings. The predicted octanol–water partition coefficient (Wildman–Crippen LogP) is 3.97. The van der Waals surface area contributed by atoms with Crippen LogP contribution in [0.4, 0.5) is 10.5 Å². The second-order valence-corrected chi connectivity index (χ2v) is 6.83. The predicted molar refractivity (Wildman–Crippen MR) is 107 cm³/mol. The number of amides is 2. The third kappa shape index (κ3) is 4.91. The number of urea groups is 1. The number of hydrogen-bond acceptors (Lipinski definition) is 3. The first-order chi connectivity index (χ1) is 12.3. The first kappa shape index (κ1) is 19.6. The average Bonchev–Trinajstić information content (AvgIpc) is 2.61. The largest absolute Gasteiger partial charge is 0.496 e. The Bertz CT molecular complexity index is 741. The summed E-state index contributed by atoms with van der Waals surface area (Å²) in [7, 11) is 7.46. The van der Waals surface area contributed by atoms with Gasteiger partial charge in [-0.2, -0.15) is 0 Å². The van der Waals surface area contributed by atoms with Crippen molar-refractivity contribution < 1.29 is 9.53 Å². The highest BCUT2D eigenvalue weighted by Crippen LogP contribution is 2.26. The van der Waals surface area contributed by atoms with Gasteiger partial charge in [-0.3, -0.25) is 0 Å². The van der Waals surface area contributed by atoms with Crippen molar-refractivity contribution in [2.45, 2.75) is 26.4 Å². The van der Waals surface area contributed by atoms with Gasteiger partial charge in [0.25, 0.3) is 0 Å². The van der Waals surface area contributed by atoms with Crippen LogP contribution in [0.2, 0.25) is 0 Å². The maximum atomic E-state index is 12.6. The zero-order chi connectivity index (χ0) is 19.3. The SMILES string of the molecule is COc1ccc(C)cc1C(C)NC(=O)N(C)Cc1ccc(N(C)C)cc1. The number of hydrogen-bond donors (Lipinski definition) is 1. The molecule has 26 heavy (non-hydrogen) atoms. The summed E-state index contributed by atoms with van der Waals surface area (Å²) in [4.78, 5) is 16.3. The number of nitrogens with zero attached hydrogens (tertiary/aromatic N) is 2. The quantitative estimate of drug-likeness (QED) is 0.853. The summed E-state index contributed by atoms with van der Waals surface area (Å²) in [5, 5.41) is 3.05. The lowest BCUT2D eigenvalue weighted by molar-refractivity contribution is 0.203. The highest BCUT2D eigenvalue weighted by atomic mass is 16.5. The molecule has 0 fully saturated rings. The summed E-state index contributed by atoms with van der Waals surface area (Å²) in [5.41, 5.74) is 4.34. The molecule has 1 unspecified atom stereocenters. The smallest absolute Gasteiger partial charge is 0.317 e. The van der Waals surface area contributed by atoms with Crippen LogP contribution < -0.4 is 15.0 Å². The van der Waals surface area contributed by atoms with E-state index >= 15 is 0 Å². The summed E-state index contributed by atoms with van der Waals surface area (Å²) in [6, 6.07) is 13.9. The molecule has 1 N–H and O–H groups in total. The van der Waals surface area contributed by atoms with E-state index in [4.69, 9.17) is 4.74 Å². The van der Waals surface area contributed by atoms with Crippen LogP contribution in [0.25, 0.3) is 0 Å². The Labute approximate surface area is 156 Å². The summed E-state index contributed by atoms with van der Waals surface area (Å²) in [6.07, 6.45) is 0. The highest BCUT2D eigenvalue weighted by Gasteiger charge is 2.17. The van der Waals surface area contributed by atoms with E-state index in [0.29, 0.717) is 6.54 Å². The number of anilines is 1. The minimum Gasteiger partial charge on any atom is -0.496 e. The summed E-state index contributed by atoms with van der Waals surface area (Å²) in [5.74, 6) is 0.783. The van der Waals surface area contributed by atoms with Gasteiger partial charge < -0.3 is 19.9 Å². The van der Waals surface area contributed by atoms with Gasteiger partial charge in [0, 0.05) is 38.9 Å². The maximum absolute atomic E-state index is 12.6. The number of rotatable bonds is 6. The molecule has 0 spiro atoms. The molecule has 0 heterocycles. The Morgan fingerprint density at radius 2 is 1.77 bits per heavy atom. The van der Waals surface area contributed by atoms with Crippen LogP contribution in [0.3, 0.4) is 0 Å². The van der Waals surface area contributed by atoms with Gasteiger partial charge in [-0.1, -0.05) is 29.8 Å². The van der Waals surface area contributed by atoms with Gasteiger partial charge in [0.05, 0.1) is 13.2 Å². The molecular formula is C21H29N3O2. The van der Waals surface area contributed by atoms with Crippen LogP contribution in [0.1, 0.15) is 29.7 Å². The fourth-order valence-electron chi connectivity index (χ4n) is 2.81. The third-order valence-corrected chi connectivity index (χ3v) is 4.41. The van der Waals surface area contributed by atoms with E-state index in [1.807, 2.05) is 58.3 Å². The number of methoxy groups -OCH3 is 1. The van der Waals surface area contributed by atoms with E-state index in [2.05, 4.69) is 22.3 Å². The van der Waals surface area contributed by atoms with Gasteiger partial charge >= 0.3 is 6.03 Å². The fraction of sp³-hybridized carbons (Fsp3) is 0.381. The zero-order valence-corrected chi connectivity index (χ0v) is 16.5. The van der Waals surface area contributed by atoms with Crippen LogP contribution >= 0.6 is 0 Å². The van der Waals surface area contributed by atoms with E-state index in [-0.39, 0.29) is 12.1 Å². The molecule has 2 amide bonds. The van der Waals surface area contributed by atoms with Crippen molar-refractivity contribution >= 4 is 11.7 Å². The van der Waals surface area contributed by atoms with E-state index in [0.717, 1.165) is 28.1 Å². The Hall–Kier alpha value is -2.69. The van der Waals surface area contributed by atoms with Crippen molar-refractivity contribution in [3.05, 3.63) is 59.2 Å². The van der Waals surface area contributed by atoms with Crippen molar-refractivity contribution in [1.29, 1.82) is 0 Å². The second kappa shape index (κ2) is 8.61. The molecule has 2 aromatic carbocycles. The molecule has 0 aromatic heterocycles. The molecule has 0 saturated heterocycles. The van der Waals surface area contributed by atoms with Gasteiger partial charge in [-0.05, 0) is 37.6 Å². The molecule has 5 heteroatoms. The van der Waals surface area contributed by atoms with E-state index in [9.17, 15) is 4.79 Å². The number of nitrogens with one attached hydrogen (secondary N) is 1. The van der Waals surface area contributed by atoms with E-state index < -0.39 is 0 Å². The Balaban J connectivity index is 2.01.